The van der Waals surface area contributed by atoms with Crippen molar-refractivity contribution in [3.63, 3.8) is 0 Å². The zero-order valence-corrected chi connectivity index (χ0v) is 17.9. The Balaban J connectivity index is 1.33. The highest BCUT2D eigenvalue weighted by Gasteiger charge is 2.12. The lowest BCUT2D eigenvalue weighted by Crippen LogP contribution is -2.14. The van der Waals surface area contributed by atoms with Gasteiger partial charge < -0.3 is 5.32 Å². The Labute approximate surface area is 189 Å². The second-order valence-electron chi connectivity index (χ2n) is 7.12. The molecule has 0 unspecified atom stereocenters. The summed E-state index contributed by atoms with van der Waals surface area (Å²) in [7, 11) is 0. The maximum Gasteiger partial charge on any atom is 0.234 e. The first-order valence-corrected chi connectivity index (χ1v) is 11.1. The molecule has 1 N–H and O–H groups in total. The highest BCUT2D eigenvalue weighted by Crippen LogP contribution is 2.25. The topological polar surface area (TPSA) is 72.2 Å². The van der Waals surface area contributed by atoms with E-state index in [2.05, 4.69) is 51.9 Å². The van der Waals surface area contributed by atoms with Crippen LogP contribution in [0.5, 0.6) is 0 Å². The SMILES string of the molecule is O=C(CSc1nnc2ccc(-c3ccc(-c4ccccc4)cc3)nn12)Nc1ccccc1. The molecule has 3 aromatic carbocycles. The Morgan fingerprint density at radius 2 is 1.41 bits per heavy atom. The minimum atomic E-state index is -0.106. The van der Waals surface area contributed by atoms with Gasteiger partial charge in [0.05, 0.1) is 11.4 Å². The van der Waals surface area contributed by atoms with Crippen molar-refractivity contribution in [3.05, 3.63) is 97.1 Å². The zero-order chi connectivity index (χ0) is 21.8. The van der Waals surface area contributed by atoms with Gasteiger partial charge in [-0.15, -0.1) is 10.2 Å². The van der Waals surface area contributed by atoms with Crippen LogP contribution in [0.3, 0.4) is 0 Å². The van der Waals surface area contributed by atoms with Gasteiger partial charge in [-0.05, 0) is 35.4 Å². The van der Waals surface area contributed by atoms with Crippen LogP contribution in [0.1, 0.15) is 0 Å². The molecule has 0 fully saturated rings. The molecule has 0 saturated heterocycles. The van der Waals surface area contributed by atoms with Crippen LogP contribution >= 0.6 is 11.8 Å². The Morgan fingerprint density at radius 3 is 2.16 bits per heavy atom. The molecule has 2 heterocycles. The van der Waals surface area contributed by atoms with Gasteiger partial charge in [0.2, 0.25) is 11.1 Å². The molecule has 0 aliphatic carbocycles. The first kappa shape index (κ1) is 20.0. The number of benzene rings is 3. The number of anilines is 1. The average molecular weight is 438 g/mol. The van der Waals surface area contributed by atoms with Crippen LogP contribution in [0.2, 0.25) is 0 Å². The molecule has 0 saturated carbocycles. The lowest BCUT2D eigenvalue weighted by molar-refractivity contribution is -0.113. The maximum atomic E-state index is 12.3. The highest BCUT2D eigenvalue weighted by molar-refractivity contribution is 7.99. The standard InChI is InChI=1S/C25H19N5OS/c31-24(26-21-9-5-2-6-10-21)17-32-25-28-27-23-16-15-22(29-30(23)25)20-13-11-19(12-14-20)18-7-3-1-4-8-18/h1-16H,17H2,(H,26,31). The van der Waals surface area contributed by atoms with E-state index in [1.54, 1.807) is 4.52 Å². The Morgan fingerprint density at radius 1 is 0.750 bits per heavy atom. The molecule has 0 bridgehead atoms. The van der Waals surface area contributed by atoms with Crippen molar-refractivity contribution >= 4 is 29.0 Å². The second kappa shape index (κ2) is 9.03. The van der Waals surface area contributed by atoms with Crippen molar-refractivity contribution in [1.82, 2.24) is 19.8 Å². The third-order valence-corrected chi connectivity index (χ3v) is 5.83. The number of nitrogens with zero attached hydrogens (tertiary/aromatic N) is 4. The van der Waals surface area contributed by atoms with Crippen molar-refractivity contribution in [2.75, 3.05) is 11.1 Å². The zero-order valence-electron chi connectivity index (χ0n) is 17.1. The molecule has 32 heavy (non-hydrogen) atoms. The van der Waals surface area contributed by atoms with Crippen molar-refractivity contribution in [2.24, 2.45) is 0 Å². The van der Waals surface area contributed by atoms with Crippen LogP contribution in [-0.4, -0.2) is 31.5 Å². The molecular weight excluding hydrogens is 418 g/mol. The quantitative estimate of drug-likeness (QED) is 0.370. The van der Waals surface area contributed by atoms with E-state index in [0.29, 0.717) is 10.8 Å². The maximum absolute atomic E-state index is 12.3. The molecule has 0 radical (unpaired) electrons. The molecule has 0 aliphatic heterocycles. The van der Waals surface area contributed by atoms with E-state index in [4.69, 9.17) is 5.10 Å². The van der Waals surface area contributed by atoms with E-state index >= 15 is 0 Å². The van der Waals surface area contributed by atoms with Gasteiger partial charge in [0.15, 0.2) is 5.65 Å². The Bertz CT molecular complexity index is 1350. The molecule has 5 aromatic rings. The number of thioether (sulfide) groups is 1. The molecule has 0 spiro atoms. The van der Waals surface area contributed by atoms with Crippen LogP contribution < -0.4 is 5.32 Å². The highest BCUT2D eigenvalue weighted by atomic mass is 32.2. The van der Waals surface area contributed by atoms with Gasteiger partial charge in [-0.2, -0.15) is 9.61 Å². The average Bonchev–Trinajstić information content (AvgIpc) is 3.26. The summed E-state index contributed by atoms with van der Waals surface area (Å²) in [5.41, 5.74) is 5.55. The van der Waals surface area contributed by atoms with E-state index in [1.807, 2.05) is 60.7 Å². The molecule has 2 aromatic heterocycles. The first-order chi connectivity index (χ1) is 15.8. The van der Waals surface area contributed by atoms with Gasteiger partial charge in [0.25, 0.3) is 0 Å². The van der Waals surface area contributed by atoms with Crippen LogP contribution in [-0.2, 0) is 4.79 Å². The van der Waals surface area contributed by atoms with Gasteiger partial charge in [-0.1, -0.05) is 84.6 Å². The summed E-state index contributed by atoms with van der Waals surface area (Å²) in [6, 6.07) is 31.7. The van der Waals surface area contributed by atoms with Crippen LogP contribution in [0.15, 0.2) is 102 Å². The van der Waals surface area contributed by atoms with Crippen LogP contribution in [0, 0.1) is 0 Å². The summed E-state index contributed by atoms with van der Waals surface area (Å²) in [4.78, 5) is 12.3. The largest absolute Gasteiger partial charge is 0.325 e. The fourth-order valence-corrected chi connectivity index (χ4v) is 4.01. The summed E-state index contributed by atoms with van der Waals surface area (Å²) in [5, 5.41) is 16.5. The number of aromatic nitrogens is 4. The van der Waals surface area contributed by atoms with Crippen molar-refractivity contribution in [3.8, 4) is 22.4 Å². The summed E-state index contributed by atoms with van der Waals surface area (Å²) in [6.45, 7) is 0. The number of nitrogens with one attached hydrogen (secondary N) is 1. The lowest BCUT2D eigenvalue weighted by Gasteiger charge is -2.06. The van der Waals surface area contributed by atoms with Crippen molar-refractivity contribution < 1.29 is 4.79 Å². The monoisotopic (exact) mass is 437 g/mol. The molecule has 156 valence electrons. The number of carbonyl (C=O) groups is 1. The Kier molecular flexibility index (Phi) is 5.63. The predicted molar refractivity (Wildman–Crippen MR) is 127 cm³/mol. The molecule has 0 aliphatic rings. The number of hydrogen-bond donors (Lipinski definition) is 1. The second-order valence-corrected chi connectivity index (χ2v) is 8.06. The number of fused-ring (bicyclic) bond motifs is 1. The van der Waals surface area contributed by atoms with Crippen molar-refractivity contribution in [1.29, 1.82) is 0 Å². The third-order valence-electron chi connectivity index (χ3n) is 4.91. The van der Waals surface area contributed by atoms with E-state index in [-0.39, 0.29) is 11.7 Å². The summed E-state index contributed by atoms with van der Waals surface area (Å²) in [5.74, 6) is 0.110. The third kappa shape index (κ3) is 4.38. The molecule has 1 amide bonds. The lowest BCUT2D eigenvalue weighted by atomic mass is 10.0. The fraction of sp³-hybridized carbons (Fsp3) is 0.0400. The van der Waals surface area contributed by atoms with Gasteiger partial charge in [0.1, 0.15) is 0 Å². The molecule has 5 rings (SSSR count). The van der Waals surface area contributed by atoms with Crippen LogP contribution in [0.4, 0.5) is 5.69 Å². The fourth-order valence-electron chi connectivity index (χ4n) is 3.33. The van der Waals surface area contributed by atoms with Gasteiger partial charge >= 0.3 is 0 Å². The molecule has 0 atom stereocenters. The molecule has 6 nitrogen and oxygen atoms in total. The van der Waals surface area contributed by atoms with E-state index < -0.39 is 0 Å². The predicted octanol–water partition coefficient (Wildman–Crippen LogP) is 5.19. The van der Waals surface area contributed by atoms with Gasteiger partial charge in [0, 0.05) is 11.3 Å². The normalized spacial score (nSPS) is 10.9. The molecule has 7 heteroatoms. The number of hydrogen-bond acceptors (Lipinski definition) is 5. The van der Waals surface area contributed by atoms with E-state index in [1.165, 1.54) is 17.3 Å². The minimum Gasteiger partial charge on any atom is -0.325 e. The number of carbonyl (C=O) groups excluding carboxylic acids is 1. The number of para-hydroxylation sites is 1. The number of rotatable bonds is 6. The van der Waals surface area contributed by atoms with E-state index in [0.717, 1.165) is 22.5 Å². The molecular formula is C25H19N5OS. The van der Waals surface area contributed by atoms with E-state index in [9.17, 15) is 4.79 Å². The first-order valence-electron chi connectivity index (χ1n) is 10.1. The minimum absolute atomic E-state index is 0.106. The number of amides is 1. The summed E-state index contributed by atoms with van der Waals surface area (Å²) >= 11 is 1.30. The van der Waals surface area contributed by atoms with Crippen molar-refractivity contribution in [2.45, 2.75) is 5.16 Å². The van der Waals surface area contributed by atoms with Gasteiger partial charge in [-0.25, -0.2) is 0 Å². The summed E-state index contributed by atoms with van der Waals surface area (Å²) < 4.78 is 1.68. The van der Waals surface area contributed by atoms with Crippen LogP contribution in [0.25, 0.3) is 28.0 Å². The summed E-state index contributed by atoms with van der Waals surface area (Å²) in [6.07, 6.45) is 0. The smallest absolute Gasteiger partial charge is 0.234 e. The Hall–Kier alpha value is -3.97. The van der Waals surface area contributed by atoms with Gasteiger partial charge in [-0.3, -0.25) is 4.79 Å².